The third kappa shape index (κ3) is 3.39. The number of aliphatic hydroxyl groups is 1. The molecule has 2 rings (SSSR count). The van der Waals surface area contributed by atoms with Gasteiger partial charge in [-0.25, -0.2) is 4.39 Å². The second kappa shape index (κ2) is 6.11. The second-order valence-corrected chi connectivity index (χ2v) is 4.03. The molecule has 0 saturated carbocycles. The number of ether oxygens (including phenoxy) is 1. The predicted octanol–water partition coefficient (Wildman–Crippen LogP) is 2.97. The third-order valence-electron chi connectivity index (χ3n) is 2.64. The van der Waals surface area contributed by atoms with E-state index >= 15 is 0 Å². The number of halogens is 1. The fourth-order valence-electron chi connectivity index (χ4n) is 1.65. The molecule has 0 heterocycles. The van der Waals surface area contributed by atoms with Crippen LogP contribution in [0.1, 0.15) is 15.9 Å². The van der Waals surface area contributed by atoms with Crippen LogP contribution in [-0.4, -0.2) is 18.0 Å². The molecule has 0 radical (unpaired) electrons. The van der Waals surface area contributed by atoms with Crippen molar-refractivity contribution in [2.45, 2.75) is 6.42 Å². The molecule has 0 amide bonds. The SMILES string of the molecule is O=Cc1ccc(Oc2ccc(CCO)cc2)c(F)c1. The topological polar surface area (TPSA) is 46.5 Å². The van der Waals surface area contributed by atoms with Gasteiger partial charge in [0.05, 0.1) is 0 Å². The highest BCUT2D eigenvalue weighted by atomic mass is 19.1. The van der Waals surface area contributed by atoms with E-state index in [9.17, 15) is 9.18 Å². The van der Waals surface area contributed by atoms with E-state index < -0.39 is 5.82 Å². The van der Waals surface area contributed by atoms with Crippen LogP contribution in [0.25, 0.3) is 0 Å². The van der Waals surface area contributed by atoms with Gasteiger partial charge >= 0.3 is 0 Å². The average Bonchev–Trinajstić information content (AvgIpc) is 2.43. The summed E-state index contributed by atoms with van der Waals surface area (Å²) in [5.74, 6) is -0.0102. The van der Waals surface area contributed by atoms with E-state index in [-0.39, 0.29) is 17.9 Å². The van der Waals surface area contributed by atoms with Gasteiger partial charge in [-0.2, -0.15) is 0 Å². The van der Waals surface area contributed by atoms with Gasteiger partial charge in [-0.15, -0.1) is 0 Å². The van der Waals surface area contributed by atoms with Crippen molar-refractivity contribution in [3.63, 3.8) is 0 Å². The number of carbonyl (C=O) groups excluding carboxylic acids is 1. The van der Waals surface area contributed by atoms with Crippen LogP contribution in [0.4, 0.5) is 4.39 Å². The van der Waals surface area contributed by atoms with E-state index in [0.717, 1.165) is 11.6 Å². The molecular weight excluding hydrogens is 247 g/mol. The Hall–Kier alpha value is -2.20. The van der Waals surface area contributed by atoms with Crippen LogP contribution in [0.5, 0.6) is 11.5 Å². The Bertz CT molecular complexity index is 564. The lowest BCUT2D eigenvalue weighted by atomic mass is 10.1. The van der Waals surface area contributed by atoms with E-state index in [1.807, 2.05) is 12.1 Å². The van der Waals surface area contributed by atoms with Gasteiger partial charge < -0.3 is 9.84 Å². The average molecular weight is 260 g/mol. The van der Waals surface area contributed by atoms with Crippen LogP contribution >= 0.6 is 0 Å². The summed E-state index contributed by atoms with van der Waals surface area (Å²) in [6, 6.07) is 11.1. The van der Waals surface area contributed by atoms with Crippen molar-refractivity contribution in [1.29, 1.82) is 0 Å². The van der Waals surface area contributed by atoms with E-state index in [4.69, 9.17) is 9.84 Å². The lowest BCUT2D eigenvalue weighted by molar-refractivity contribution is 0.112. The van der Waals surface area contributed by atoms with Crippen molar-refractivity contribution in [3.8, 4) is 11.5 Å². The van der Waals surface area contributed by atoms with Crippen molar-refractivity contribution in [3.05, 3.63) is 59.4 Å². The van der Waals surface area contributed by atoms with Crippen LogP contribution in [0.2, 0.25) is 0 Å². The standard InChI is InChI=1S/C15H13FO3/c16-14-9-12(10-18)3-6-15(14)19-13-4-1-11(2-5-13)7-8-17/h1-6,9-10,17H,7-8H2. The van der Waals surface area contributed by atoms with Gasteiger partial charge in [-0.05, 0) is 42.3 Å². The summed E-state index contributed by atoms with van der Waals surface area (Å²) in [6.45, 7) is 0.0853. The van der Waals surface area contributed by atoms with Gasteiger partial charge in [-0.3, -0.25) is 4.79 Å². The molecule has 0 aliphatic rings. The summed E-state index contributed by atoms with van der Waals surface area (Å²) in [6.07, 6.45) is 1.15. The summed E-state index contributed by atoms with van der Waals surface area (Å²) in [7, 11) is 0. The maximum Gasteiger partial charge on any atom is 0.166 e. The third-order valence-corrected chi connectivity index (χ3v) is 2.64. The number of benzene rings is 2. The Kier molecular flexibility index (Phi) is 4.26. The van der Waals surface area contributed by atoms with Crippen LogP contribution in [-0.2, 0) is 6.42 Å². The van der Waals surface area contributed by atoms with Crippen molar-refractivity contribution < 1.29 is 19.0 Å². The zero-order valence-electron chi connectivity index (χ0n) is 10.2. The Morgan fingerprint density at radius 3 is 2.47 bits per heavy atom. The molecule has 98 valence electrons. The fourth-order valence-corrected chi connectivity index (χ4v) is 1.65. The second-order valence-electron chi connectivity index (χ2n) is 4.03. The number of carbonyl (C=O) groups is 1. The van der Waals surface area contributed by atoms with Gasteiger partial charge in [0.2, 0.25) is 0 Å². The normalized spacial score (nSPS) is 10.2. The van der Waals surface area contributed by atoms with Crippen LogP contribution in [0.15, 0.2) is 42.5 Å². The van der Waals surface area contributed by atoms with Gasteiger partial charge in [-0.1, -0.05) is 12.1 Å². The Labute approximate surface area is 110 Å². The molecule has 3 nitrogen and oxygen atoms in total. The lowest BCUT2D eigenvalue weighted by Gasteiger charge is -2.07. The van der Waals surface area contributed by atoms with Crippen molar-refractivity contribution >= 4 is 6.29 Å². The smallest absolute Gasteiger partial charge is 0.166 e. The van der Waals surface area contributed by atoms with Gasteiger partial charge in [0.1, 0.15) is 12.0 Å². The van der Waals surface area contributed by atoms with Crippen LogP contribution in [0, 0.1) is 5.82 Å². The maximum atomic E-state index is 13.6. The molecule has 0 bridgehead atoms. The van der Waals surface area contributed by atoms with Crippen LogP contribution < -0.4 is 4.74 Å². The minimum Gasteiger partial charge on any atom is -0.454 e. The Morgan fingerprint density at radius 1 is 1.16 bits per heavy atom. The number of rotatable bonds is 5. The maximum absolute atomic E-state index is 13.6. The monoisotopic (exact) mass is 260 g/mol. The van der Waals surface area contributed by atoms with E-state index in [1.165, 1.54) is 12.1 Å². The highest BCUT2D eigenvalue weighted by Gasteiger charge is 2.06. The first-order valence-corrected chi connectivity index (χ1v) is 5.85. The molecule has 2 aromatic carbocycles. The molecule has 0 aromatic heterocycles. The number of aliphatic hydroxyl groups excluding tert-OH is 1. The molecule has 0 unspecified atom stereocenters. The van der Waals surface area contributed by atoms with Gasteiger partial charge in [0.15, 0.2) is 11.6 Å². The van der Waals surface area contributed by atoms with Gasteiger partial charge in [0, 0.05) is 12.2 Å². The summed E-state index contributed by atoms with van der Waals surface area (Å²) in [4.78, 5) is 10.5. The van der Waals surface area contributed by atoms with Crippen molar-refractivity contribution in [2.24, 2.45) is 0 Å². The molecule has 2 aromatic rings. The zero-order valence-corrected chi connectivity index (χ0v) is 10.2. The quantitative estimate of drug-likeness (QED) is 0.841. The molecule has 0 fully saturated rings. The van der Waals surface area contributed by atoms with E-state index in [2.05, 4.69) is 0 Å². The Morgan fingerprint density at radius 2 is 1.89 bits per heavy atom. The predicted molar refractivity (Wildman–Crippen MR) is 69.1 cm³/mol. The van der Waals surface area contributed by atoms with Crippen molar-refractivity contribution in [1.82, 2.24) is 0 Å². The molecule has 0 aliphatic carbocycles. The fraction of sp³-hybridized carbons (Fsp3) is 0.133. The number of hydrogen-bond acceptors (Lipinski definition) is 3. The summed E-state index contributed by atoms with van der Waals surface area (Å²) >= 11 is 0. The van der Waals surface area contributed by atoms with Gasteiger partial charge in [0.25, 0.3) is 0 Å². The lowest BCUT2D eigenvalue weighted by Crippen LogP contribution is -1.92. The summed E-state index contributed by atoms with van der Waals surface area (Å²) in [5, 5.41) is 8.80. The highest BCUT2D eigenvalue weighted by Crippen LogP contribution is 2.25. The Balaban J connectivity index is 2.14. The van der Waals surface area contributed by atoms with E-state index in [1.54, 1.807) is 12.1 Å². The molecule has 0 atom stereocenters. The van der Waals surface area contributed by atoms with Crippen molar-refractivity contribution in [2.75, 3.05) is 6.61 Å². The zero-order chi connectivity index (χ0) is 13.7. The first-order chi connectivity index (χ1) is 9.22. The molecule has 19 heavy (non-hydrogen) atoms. The van der Waals surface area contributed by atoms with Crippen LogP contribution in [0.3, 0.4) is 0 Å². The molecule has 0 aliphatic heterocycles. The molecule has 0 saturated heterocycles. The minimum atomic E-state index is -0.580. The highest BCUT2D eigenvalue weighted by molar-refractivity contribution is 5.75. The molecular formula is C15H13FO3. The number of aldehydes is 1. The summed E-state index contributed by atoms with van der Waals surface area (Å²) in [5.41, 5.74) is 1.25. The number of hydrogen-bond donors (Lipinski definition) is 1. The van der Waals surface area contributed by atoms with E-state index in [0.29, 0.717) is 18.5 Å². The summed E-state index contributed by atoms with van der Waals surface area (Å²) < 4.78 is 19.0. The molecule has 4 heteroatoms. The largest absolute Gasteiger partial charge is 0.454 e. The first-order valence-electron chi connectivity index (χ1n) is 5.85. The minimum absolute atomic E-state index is 0.0699. The first kappa shape index (κ1) is 13.2. The molecule has 1 N–H and O–H groups in total. The molecule has 0 spiro atoms.